The smallest absolute Gasteiger partial charge is 0.146 e. The minimum absolute atomic E-state index is 0.0239. The second-order valence-electron chi connectivity index (χ2n) is 16.2. The van der Waals surface area contributed by atoms with Crippen LogP contribution in [0, 0.1) is 13.8 Å². The first-order valence-electron chi connectivity index (χ1n) is 18.6. The molecule has 0 fully saturated rings. The van der Waals surface area contributed by atoms with Crippen LogP contribution in [0.15, 0.2) is 124 Å². The van der Waals surface area contributed by atoms with Gasteiger partial charge in [-0.15, -0.1) is 15.0 Å². The van der Waals surface area contributed by atoms with Gasteiger partial charge in [-0.1, -0.05) is 114 Å². The summed E-state index contributed by atoms with van der Waals surface area (Å²) >= 11 is 3.34. The van der Waals surface area contributed by atoms with E-state index in [9.17, 15) is 10.2 Å². The van der Waals surface area contributed by atoms with Gasteiger partial charge in [0.05, 0.1) is 0 Å². The number of nitrogens with one attached hydrogen (secondary N) is 1. The van der Waals surface area contributed by atoms with Crippen LogP contribution in [0.5, 0.6) is 11.5 Å². The van der Waals surface area contributed by atoms with Crippen LogP contribution in [0.2, 0.25) is 0 Å². The Morgan fingerprint density at radius 2 is 1.25 bits per heavy atom. The molecule has 5 aromatic carbocycles. The molecule has 0 spiro atoms. The number of benzene rings is 5. The molecule has 0 aliphatic rings. The summed E-state index contributed by atoms with van der Waals surface area (Å²) < 4.78 is 0. The van der Waals surface area contributed by atoms with Crippen molar-refractivity contribution in [2.45, 2.75) is 93.7 Å². The molecule has 288 valence electrons. The highest BCUT2D eigenvalue weighted by Gasteiger charge is 2.23. The van der Waals surface area contributed by atoms with Gasteiger partial charge in [0, 0.05) is 20.2 Å². The molecule has 0 amide bonds. The number of hydrogen-bond acceptors (Lipinski definition) is 8. The molecule has 2 heterocycles. The van der Waals surface area contributed by atoms with E-state index in [4.69, 9.17) is 5.10 Å². The third-order valence-corrected chi connectivity index (χ3v) is 11.3. The molecule has 0 aliphatic carbocycles. The van der Waals surface area contributed by atoms with Crippen LogP contribution in [0.25, 0.3) is 33.3 Å². The molecule has 0 radical (unpaired) electrons. The van der Waals surface area contributed by atoms with Crippen LogP contribution in [0.3, 0.4) is 0 Å². The largest absolute Gasteiger partial charge is 0.508 e. The van der Waals surface area contributed by atoms with Gasteiger partial charge in [0.25, 0.3) is 0 Å². The number of nitrogens with zero attached hydrogens (tertiary/aromatic N) is 5. The normalized spacial score (nSPS) is 11.8. The minimum atomic E-state index is -0.204. The number of fused-ring (bicyclic) bond motifs is 2. The summed E-state index contributed by atoms with van der Waals surface area (Å²) in [7, 11) is 0. The van der Waals surface area contributed by atoms with Crippen LogP contribution in [0.4, 0.5) is 0 Å². The van der Waals surface area contributed by atoms with Crippen LogP contribution in [0.1, 0.15) is 82.2 Å². The van der Waals surface area contributed by atoms with Gasteiger partial charge in [-0.3, -0.25) is 0 Å². The maximum atomic E-state index is 11.1. The van der Waals surface area contributed by atoms with Crippen molar-refractivity contribution in [2.24, 2.45) is 0 Å². The van der Waals surface area contributed by atoms with Crippen molar-refractivity contribution in [3.63, 3.8) is 0 Å². The molecule has 0 atom stereocenters. The quantitative estimate of drug-likeness (QED) is 0.124. The molecule has 0 aliphatic heterocycles. The fourth-order valence-electron chi connectivity index (χ4n) is 6.23. The maximum absolute atomic E-state index is 11.1. The lowest BCUT2D eigenvalue weighted by Crippen LogP contribution is -2.13. The number of phenols is 2. The van der Waals surface area contributed by atoms with E-state index in [1.54, 1.807) is 29.6 Å². The number of thioether (sulfide) groups is 1. The van der Waals surface area contributed by atoms with Gasteiger partial charge in [0.1, 0.15) is 39.3 Å². The highest BCUT2D eigenvalue weighted by atomic mass is 32.2. The Balaban J connectivity index is 0.000000380. The van der Waals surface area contributed by atoms with Crippen molar-refractivity contribution >= 4 is 51.2 Å². The Hall–Kier alpha value is -5.32. The predicted molar refractivity (Wildman–Crippen MR) is 233 cm³/mol. The molecule has 10 heteroatoms. The molecule has 0 unspecified atom stereocenters. The summed E-state index contributed by atoms with van der Waals surface area (Å²) in [5.74, 6) is 0.609. The van der Waals surface area contributed by atoms with Gasteiger partial charge < -0.3 is 10.2 Å². The molecule has 56 heavy (non-hydrogen) atoms. The van der Waals surface area contributed by atoms with E-state index in [-0.39, 0.29) is 16.6 Å². The van der Waals surface area contributed by atoms with Crippen LogP contribution < -0.4 is 0 Å². The molecule has 8 nitrogen and oxygen atoms in total. The number of aryl methyl sites for hydroxylation is 2. The van der Waals surface area contributed by atoms with Gasteiger partial charge >= 0.3 is 0 Å². The first kappa shape index (κ1) is 40.3. The molecule has 0 saturated heterocycles. The summed E-state index contributed by atoms with van der Waals surface area (Å²) in [4.78, 5) is 5.92. The van der Waals surface area contributed by atoms with E-state index in [1.165, 1.54) is 10.4 Å². The van der Waals surface area contributed by atoms with E-state index in [1.807, 2.05) is 68.4 Å². The Kier molecular flexibility index (Phi) is 11.8. The zero-order valence-electron chi connectivity index (χ0n) is 33.4. The minimum Gasteiger partial charge on any atom is -0.508 e. The monoisotopic (exact) mass is 782 g/mol. The fourth-order valence-corrected chi connectivity index (χ4v) is 7.93. The van der Waals surface area contributed by atoms with E-state index in [0.717, 1.165) is 82.3 Å². The Labute approximate surface area is 338 Å². The average Bonchev–Trinajstić information content (AvgIpc) is 3.79. The lowest BCUT2D eigenvalue weighted by Gasteiger charge is -2.22. The molecule has 7 rings (SSSR count). The van der Waals surface area contributed by atoms with Gasteiger partial charge in [-0.05, 0) is 125 Å². The van der Waals surface area contributed by atoms with E-state index < -0.39 is 0 Å². The van der Waals surface area contributed by atoms with Crippen molar-refractivity contribution in [3.05, 3.63) is 137 Å². The number of allylic oxidation sites excluding steroid dienone is 2. The number of aromatic nitrogens is 6. The summed E-state index contributed by atoms with van der Waals surface area (Å²) in [5, 5.41) is 40.9. The Morgan fingerprint density at radius 3 is 1.95 bits per heavy atom. The van der Waals surface area contributed by atoms with Gasteiger partial charge in [0.2, 0.25) is 0 Å². The molecular formula is C46H50N6O2S2. The number of rotatable bonds is 9. The highest BCUT2D eigenvalue weighted by molar-refractivity contribution is 8.03. The zero-order valence-corrected chi connectivity index (χ0v) is 35.1. The SMILES string of the molecule is C=C(CCC(=C)c1ccc(Sc2ccc3n[nH]nc3c2)cc1)Sc1ccc2nn(-c3cc(C)cc(C(C)(C)C)c3O)nc2c1.Cc1ccc(O)c(C(C)(C)C)c1. The average molecular weight is 783 g/mol. The van der Waals surface area contributed by atoms with E-state index in [0.29, 0.717) is 11.4 Å². The standard InChI is InChI=1S/C35H34N6OS2.C11H16O/c1-21-17-28(35(4,5)6)34(42)33(18-21)41-38-30-16-14-26(20-32(30)39-41)43-23(3)8-7-22(2)24-9-11-25(12-10-24)44-27-13-15-29-31(19-27)37-40-36-29;1-8-5-6-10(12)9(7-8)11(2,3)4/h9-20,42H,2-3,7-8H2,1,4-6H3,(H,36,37,40);5-7,12H,1-4H3. The zero-order chi connectivity index (χ0) is 40.4. The van der Waals surface area contributed by atoms with Crippen LogP contribution in [-0.4, -0.2) is 40.6 Å². The molecule has 0 saturated carbocycles. The molecule has 3 N–H and O–H groups in total. The Bertz CT molecular complexity index is 2540. The van der Waals surface area contributed by atoms with Crippen molar-refractivity contribution in [2.75, 3.05) is 0 Å². The number of aromatic amines is 1. The van der Waals surface area contributed by atoms with Gasteiger partial charge in [-0.2, -0.15) is 15.4 Å². The molecule has 7 aromatic rings. The van der Waals surface area contributed by atoms with Crippen molar-refractivity contribution < 1.29 is 10.2 Å². The fraction of sp³-hybridized carbons (Fsp3) is 0.261. The van der Waals surface area contributed by atoms with E-state index >= 15 is 0 Å². The lowest BCUT2D eigenvalue weighted by atomic mass is 9.85. The maximum Gasteiger partial charge on any atom is 0.146 e. The number of phenolic OH excluding ortho intramolecular Hbond substituents is 2. The second-order valence-corrected chi connectivity index (χ2v) is 18.6. The van der Waals surface area contributed by atoms with E-state index in [2.05, 4.69) is 106 Å². The van der Waals surface area contributed by atoms with Crippen molar-refractivity contribution in [1.82, 2.24) is 30.4 Å². The number of aromatic hydroxyl groups is 2. The lowest BCUT2D eigenvalue weighted by molar-refractivity contribution is 0.440. The third kappa shape index (κ3) is 9.72. The highest BCUT2D eigenvalue weighted by Crippen LogP contribution is 2.38. The summed E-state index contributed by atoms with van der Waals surface area (Å²) in [6, 6.07) is 30.3. The van der Waals surface area contributed by atoms with Gasteiger partial charge in [-0.25, -0.2) is 0 Å². The van der Waals surface area contributed by atoms with Gasteiger partial charge in [0.15, 0.2) is 0 Å². The topological polar surface area (TPSA) is 113 Å². The third-order valence-electron chi connectivity index (χ3n) is 9.32. The van der Waals surface area contributed by atoms with Crippen molar-refractivity contribution in [1.29, 1.82) is 0 Å². The Morgan fingerprint density at radius 1 is 0.643 bits per heavy atom. The molecule has 2 aromatic heterocycles. The summed E-state index contributed by atoms with van der Waals surface area (Å²) in [6.07, 6.45) is 1.64. The predicted octanol–water partition coefficient (Wildman–Crippen LogP) is 12.3. The molecular weight excluding hydrogens is 733 g/mol. The summed E-state index contributed by atoms with van der Waals surface area (Å²) in [5.41, 5.74) is 10.0. The summed E-state index contributed by atoms with van der Waals surface area (Å²) in [6.45, 7) is 25.3. The number of H-pyrrole nitrogens is 1. The first-order valence-corrected chi connectivity index (χ1v) is 20.2. The first-order chi connectivity index (χ1) is 26.4. The second kappa shape index (κ2) is 16.4. The van der Waals surface area contributed by atoms with Crippen LogP contribution >= 0.6 is 23.5 Å². The van der Waals surface area contributed by atoms with Crippen molar-refractivity contribution in [3.8, 4) is 17.2 Å². The molecule has 0 bridgehead atoms. The van der Waals surface area contributed by atoms with Crippen LogP contribution in [-0.2, 0) is 10.8 Å². The number of hydrogen-bond donors (Lipinski definition) is 3.